The predicted octanol–water partition coefficient (Wildman–Crippen LogP) is 5.45. The number of anilines is 1. The maximum Gasteiger partial charge on any atom is 0.435 e. The van der Waals surface area contributed by atoms with Crippen LogP contribution in [0.1, 0.15) is 50.4 Å². The Morgan fingerprint density at radius 1 is 0.972 bits per heavy atom. The molecule has 0 saturated carbocycles. The number of carbonyl (C=O) groups excluding carboxylic acids is 2. The second kappa shape index (κ2) is 11.4. The Kier molecular flexibility index (Phi) is 8.05. The highest BCUT2D eigenvalue weighted by molar-refractivity contribution is 6.06. The van der Waals surface area contributed by atoms with Crippen LogP contribution in [-0.4, -0.2) is 58.5 Å². The highest BCUT2D eigenvalue weighted by Gasteiger charge is 2.20. The minimum absolute atomic E-state index is 0.242. The Bertz CT molecular complexity index is 1170. The van der Waals surface area contributed by atoms with Gasteiger partial charge in [0, 0.05) is 23.9 Å². The number of aromatic nitrogens is 2. The van der Waals surface area contributed by atoms with Crippen LogP contribution in [0.15, 0.2) is 60.8 Å². The van der Waals surface area contributed by atoms with Gasteiger partial charge >= 0.3 is 6.09 Å². The maximum absolute atomic E-state index is 12.9. The second-order valence-corrected chi connectivity index (χ2v) is 9.90. The first-order chi connectivity index (χ1) is 17.3. The van der Waals surface area contributed by atoms with Crippen molar-refractivity contribution in [1.29, 1.82) is 0 Å². The number of para-hydroxylation sites is 1. The Morgan fingerprint density at radius 2 is 1.69 bits per heavy atom. The summed E-state index contributed by atoms with van der Waals surface area (Å²) in [5, 5.41) is 7.31. The summed E-state index contributed by atoms with van der Waals surface area (Å²) in [5.74, 6) is 0.505. The Labute approximate surface area is 212 Å². The first kappa shape index (κ1) is 25.4. The molecule has 8 heteroatoms. The van der Waals surface area contributed by atoms with Gasteiger partial charge in [0.1, 0.15) is 18.0 Å². The molecule has 3 aromatic rings. The third-order valence-corrected chi connectivity index (χ3v) is 5.86. The van der Waals surface area contributed by atoms with Gasteiger partial charge < -0.3 is 14.8 Å². The van der Waals surface area contributed by atoms with Crippen LogP contribution in [0.2, 0.25) is 0 Å². The molecule has 8 nitrogen and oxygen atoms in total. The SMILES string of the molecule is CC(C)(C)OC(=O)n1ccc(-c2ccccc2NC(=O)c2ccc(OCCN3CCCCC3)cc2)n1. The van der Waals surface area contributed by atoms with Crippen molar-refractivity contribution in [2.24, 2.45) is 0 Å². The number of carbonyl (C=O) groups is 2. The number of ether oxygens (including phenoxy) is 2. The summed E-state index contributed by atoms with van der Waals surface area (Å²) >= 11 is 0. The summed E-state index contributed by atoms with van der Waals surface area (Å²) < 4.78 is 12.4. The van der Waals surface area contributed by atoms with E-state index in [-0.39, 0.29) is 5.91 Å². The normalized spacial score (nSPS) is 14.3. The molecule has 1 aliphatic heterocycles. The van der Waals surface area contributed by atoms with E-state index < -0.39 is 11.7 Å². The van der Waals surface area contributed by atoms with Crippen molar-refractivity contribution in [3.8, 4) is 17.0 Å². The number of nitrogens with zero attached hydrogens (tertiary/aromatic N) is 3. The number of nitrogens with one attached hydrogen (secondary N) is 1. The van der Waals surface area contributed by atoms with E-state index in [1.165, 1.54) is 19.3 Å². The van der Waals surface area contributed by atoms with Crippen molar-refractivity contribution in [1.82, 2.24) is 14.7 Å². The fourth-order valence-electron chi connectivity index (χ4n) is 4.07. The van der Waals surface area contributed by atoms with Crippen LogP contribution in [0, 0.1) is 0 Å². The molecule has 0 spiro atoms. The van der Waals surface area contributed by atoms with Crippen LogP contribution < -0.4 is 10.1 Å². The number of rotatable bonds is 7. The van der Waals surface area contributed by atoms with E-state index in [0.717, 1.165) is 30.1 Å². The van der Waals surface area contributed by atoms with Gasteiger partial charge in [-0.05, 0) is 83.1 Å². The predicted molar refractivity (Wildman–Crippen MR) is 139 cm³/mol. The quantitative estimate of drug-likeness (QED) is 0.474. The Morgan fingerprint density at radius 3 is 2.42 bits per heavy atom. The van der Waals surface area contributed by atoms with Gasteiger partial charge in [-0.3, -0.25) is 9.69 Å². The second-order valence-electron chi connectivity index (χ2n) is 9.90. The molecule has 190 valence electrons. The summed E-state index contributed by atoms with van der Waals surface area (Å²) in [6.07, 6.45) is 4.83. The number of likely N-dealkylation sites (tertiary alicyclic amines) is 1. The number of hydrogen-bond acceptors (Lipinski definition) is 6. The number of benzene rings is 2. The van der Waals surface area contributed by atoms with Crippen LogP contribution in [0.5, 0.6) is 5.75 Å². The lowest BCUT2D eigenvalue weighted by molar-refractivity contribution is 0.0514. The van der Waals surface area contributed by atoms with E-state index in [2.05, 4.69) is 15.3 Å². The molecule has 4 rings (SSSR count). The van der Waals surface area contributed by atoms with Gasteiger partial charge in [0.25, 0.3) is 5.91 Å². The van der Waals surface area contributed by atoms with Gasteiger partial charge in [0.2, 0.25) is 0 Å². The van der Waals surface area contributed by atoms with Crippen LogP contribution in [0.4, 0.5) is 10.5 Å². The lowest BCUT2D eigenvalue weighted by atomic mass is 10.1. The fourth-order valence-corrected chi connectivity index (χ4v) is 4.07. The molecule has 0 unspecified atom stereocenters. The smallest absolute Gasteiger partial charge is 0.435 e. The Balaban J connectivity index is 1.37. The van der Waals surface area contributed by atoms with Gasteiger partial charge in [0.05, 0.1) is 11.4 Å². The molecule has 2 heterocycles. The van der Waals surface area contributed by atoms with Crippen LogP contribution >= 0.6 is 0 Å². The third kappa shape index (κ3) is 6.95. The molecule has 0 bridgehead atoms. The average molecular weight is 491 g/mol. The molecule has 36 heavy (non-hydrogen) atoms. The molecule has 1 aromatic heterocycles. The lowest BCUT2D eigenvalue weighted by Gasteiger charge is -2.26. The van der Waals surface area contributed by atoms with Crippen molar-refractivity contribution in [2.45, 2.75) is 45.6 Å². The molecule has 1 aliphatic rings. The van der Waals surface area contributed by atoms with Gasteiger partial charge in [-0.1, -0.05) is 24.6 Å². The van der Waals surface area contributed by atoms with Crippen molar-refractivity contribution < 1.29 is 19.1 Å². The van der Waals surface area contributed by atoms with Crippen molar-refractivity contribution >= 4 is 17.7 Å². The van der Waals surface area contributed by atoms with E-state index >= 15 is 0 Å². The van der Waals surface area contributed by atoms with E-state index in [9.17, 15) is 9.59 Å². The Hall–Kier alpha value is -3.65. The largest absolute Gasteiger partial charge is 0.492 e. The molecule has 1 fully saturated rings. The van der Waals surface area contributed by atoms with Gasteiger partial charge in [-0.15, -0.1) is 0 Å². The standard InChI is InChI=1S/C28H34N4O4/c1-28(2,3)36-27(34)32-18-15-25(30-32)23-9-5-6-10-24(23)29-26(33)21-11-13-22(14-12-21)35-20-19-31-16-7-4-8-17-31/h5-6,9-15,18H,4,7-8,16-17,19-20H2,1-3H3,(H,29,33). The molecule has 1 saturated heterocycles. The fraction of sp³-hybridized carbons (Fsp3) is 0.393. The number of hydrogen-bond donors (Lipinski definition) is 1. The van der Waals surface area contributed by atoms with E-state index in [1.807, 2.05) is 30.3 Å². The summed E-state index contributed by atoms with van der Waals surface area (Å²) in [5.41, 5.74) is 1.74. The zero-order valence-electron chi connectivity index (χ0n) is 21.2. The van der Waals surface area contributed by atoms with E-state index in [1.54, 1.807) is 51.2 Å². The van der Waals surface area contributed by atoms with Crippen molar-refractivity contribution in [3.05, 3.63) is 66.4 Å². The summed E-state index contributed by atoms with van der Waals surface area (Å²) in [7, 11) is 0. The zero-order chi connectivity index (χ0) is 25.5. The molecular formula is C28H34N4O4. The highest BCUT2D eigenvalue weighted by Crippen LogP contribution is 2.27. The van der Waals surface area contributed by atoms with E-state index in [4.69, 9.17) is 9.47 Å². The monoisotopic (exact) mass is 490 g/mol. The molecule has 1 amide bonds. The van der Waals surface area contributed by atoms with Crippen molar-refractivity contribution in [3.63, 3.8) is 0 Å². The van der Waals surface area contributed by atoms with Gasteiger partial charge in [-0.2, -0.15) is 9.78 Å². The number of amides is 1. The minimum Gasteiger partial charge on any atom is -0.492 e. The topological polar surface area (TPSA) is 85.7 Å². The first-order valence-corrected chi connectivity index (χ1v) is 12.4. The van der Waals surface area contributed by atoms with E-state index in [0.29, 0.717) is 29.1 Å². The zero-order valence-corrected chi connectivity index (χ0v) is 21.2. The van der Waals surface area contributed by atoms with Crippen LogP contribution in [-0.2, 0) is 4.74 Å². The lowest BCUT2D eigenvalue weighted by Crippen LogP contribution is -2.33. The molecule has 0 aliphatic carbocycles. The molecule has 1 N–H and O–H groups in total. The maximum atomic E-state index is 12.9. The molecule has 2 aromatic carbocycles. The van der Waals surface area contributed by atoms with Gasteiger partial charge in [-0.25, -0.2) is 4.79 Å². The third-order valence-electron chi connectivity index (χ3n) is 5.86. The molecular weight excluding hydrogens is 456 g/mol. The molecule has 0 radical (unpaired) electrons. The summed E-state index contributed by atoms with van der Waals surface area (Å²) in [4.78, 5) is 27.7. The van der Waals surface area contributed by atoms with Crippen LogP contribution in [0.25, 0.3) is 11.3 Å². The molecule has 0 atom stereocenters. The summed E-state index contributed by atoms with van der Waals surface area (Å²) in [6, 6.07) is 16.2. The number of piperidine rings is 1. The van der Waals surface area contributed by atoms with Crippen molar-refractivity contribution in [2.75, 3.05) is 31.6 Å². The highest BCUT2D eigenvalue weighted by atomic mass is 16.6. The average Bonchev–Trinajstić information content (AvgIpc) is 3.35. The first-order valence-electron chi connectivity index (χ1n) is 12.4. The van der Waals surface area contributed by atoms with Gasteiger partial charge in [0.15, 0.2) is 0 Å². The summed E-state index contributed by atoms with van der Waals surface area (Å²) in [6.45, 7) is 9.24. The minimum atomic E-state index is -0.622. The van der Waals surface area contributed by atoms with Crippen LogP contribution in [0.3, 0.4) is 0 Å².